The van der Waals surface area contributed by atoms with Gasteiger partial charge in [0.2, 0.25) is 0 Å². The molecular formula is C15H18BrN3O. The predicted octanol–water partition coefficient (Wildman–Crippen LogP) is 3.24. The fraction of sp³-hybridized carbons (Fsp3) is 0.333. The molecule has 2 N–H and O–H groups in total. The number of hydrogen-bond donors (Lipinski definition) is 1. The number of carbonyl (C=O) groups excluding carboxylic acids is 1. The summed E-state index contributed by atoms with van der Waals surface area (Å²) in [6.07, 6.45) is 1.14. The number of nitrogens with two attached hydrogens (primary N) is 1. The number of halogens is 1. The van der Waals surface area contributed by atoms with E-state index in [-0.39, 0.29) is 5.78 Å². The maximum atomic E-state index is 12.4. The highest BCUT2D eigenvalue weighted by Crippen LogP contribution is 2.24. The molecule has 0 aliphatic heterocycles. The molecule has 0 unspecified atom stereocenters. The van der Waals surface area contributed by atoms with Crippen LogP contribution in [0.5, 0.6) is 0 Å². The molecule has 0 aliphatic rings. The molecule has 20 heavy (non-hydrogen) atoms. The van der Waals surface area contributed by atoms with Crippen LogP contribution in [0.2, 0.25) is 0 Å². The highest BCUT2D eigenvalue weighted by molar-refractivity contribution is 9.10. The van der Waals surface area contributed by atoms with Gasteiger partial charge in [0.1, 0.15) is 0 Å². The van der Waals surface area contributed by atoms with Gasteiger partial charge in [-0.15, -0.1) is 0 Å². The van der Waals surface area contributed by atoms with E-state index in [4.69, 9.17) is 5.73 Å². The van der Waals surface area contributed by atoms with Crippen molar-refractivity contribution in [2.45, 2.75) is 33.2 Å². The van der Waals surface area contributed by atoms with E-state index in [2.05, 4.69) is 21.0 Å². The summed E-state index contributed by atoms with van der Waals surface area (Å²) in [5, 5.41) is 4.50. The van der Waals surface area contributed by atoms with Gasteiger partial charge in [-0.05, 0) is 41.4 Å². The minimum absolute atomic E-state index is 0.0149. The molecule has 1 aromatic heterocycles. The lowest BCUT2D eigenvalue weighted by molar-refractivity contribution is 0.0991. The number of nitrogen functional groups attached to an aromatic ring is 1. The van der Waals surface area contributed by atoms with Crippen molar-refractivity contribution in [1.82, 2.24) is 9.78 Å². The first kappa shape index (κ1) is 14.8. The second kappa shape index (κ2) is 6.22. The highest BCUT2D eigenvalue weighted by atomic mass is 79.9. The summed E-state index contributed by atoms with van der Waals surface area (Å²) in [4.78, 5) is 12.4. The van der Waals surface area contributed by atoms with Gasteiger partial charge in [-0.2, -0.15) is 5.10 Å². The molecule has 0 aliphatic carbocycles. The molecule has 106 valence electrons. The van der Waals surface area contributed by atoms with Gasteiger partial charge in [-0.1, -0.05) is 19.1 Å². The van der Waals surface area contributed by atoms with Crippen LogP contribution in [0.4, 0.5) is 5.69 Å². The topological polar surface area (TPSA) is 60.9 Å². The van der Waals surface area contributed by atoms with E-state index in [1.165, 1.54) is 0 Å². The van der Waals surface area contributed by atoms with Gasteiger partial charge >= 0.3 is 0 Å². The van der Waals surface area contributed by atoms with E-state index in [9.17, 15) is 4.79 Å². The van der Waals surface area contributed by atoms with Crippen LogP contribution >= 0.6 is 15.9 Å². The summed E-state index contributed by atoms with van der Waals surface area (Å²) in [6, 6.07) is 7.16. The molecule has 5 heteroatoms. The molecule has 0 saturated heterocycles. The molecule has 0 bridgehead atoms. The van der Waals surface area contributed by atoms with Gasteiger partial charge in [0.15, 0.2) is 5.78 Å². The van der Waals surface area contributed by atoms with Gasteiger partial charge in [0.25, 0.3) is 0 Å². The maximum absolute atomic E-state index is 12.4. The third-order valence-electron chi connectivity index (χ3n) is 3.28. The minimum atomic E-state index is 0.0149. The van der Waals surface area contributed by atoms with Crippen molar-refractivity contribution in [2.24, 2.45) is 0 Å². The largest absolute Gasteiger partial charge is 0.398 e. The monoisotopic (exact) mass is 335 g/mol. The number of nitrogens with zero attached hydrogens (tertiary/aromatic N) is 2. The summed E-state index contributed by atoms with van der Waals surface area (Å²) in [5.41, 5.74) is 8.85. The lowest BCUT2D eigenvalue weighted by atomic mass is 10.0. The first-order valence-corrected chi connectivity index (χ1v) is 7.49. The Morgan fingerprint density at radius 2 is 2.05 bits per heavy atom. The van der Waals surface area contributed by atoms with E-state index >= 15 is 0 Å². The normalized spacial score (nSPS) is 10.8. The number of anilines is 1. The van der Waals surface area contributed by atoms with Crippen molar-refractivity contribution in [3.8, 4) is 0 Å². The molecule has 0 fully saturated rings. The molecule has 2 rings (SSSR count). The van der Waals surface area contributed by atoms with Crippen molar-refractivity contribution < 1.29 is 4.79 Å². The number of hydrogen-bond acceptors (Lipinski definition) is 3. The minimum Gasteiger partial charge on any atom is -0.398 e. The van der Waals surface area contributed by atoms with E-state index in [1.807, 2.05) is 30.7 Å². The Hall–Kier alpha value is -1.62. The number of benzene rings is 1. The number of aryl methyl sites for hydroxylation is 2. The molecule has 0 atom stereocenters. The van der Waals surface area contributed by atoms with Crippen LogP contribution in [0, 0.1) is 0 Å². The van der Waals surface area contributed by atoms with Crippen molar-refractivity contribution in [3.63, 3.8) is 0 Å². The number of carbonyl (C=O) groups is 1. The average Bonchev–Trinajstić information content (AvgIpc) is 2.75. The van der Waals surface area contributed by atoms with Crippen LogP contribution in [0.15, 0.2) is 28.7 Å². The lowest BCUT2D eigenvalue weighted by Gasteiger charge is -2.07. The van der Waals surface area contributed by atoms with Crippen LogP contribution in [0.25, 0.3) is 0 Å². The van der Waals surface area contributed by atoms with Crippen LogP contribution in [-0.4, -0.2) is 15.6 Å². The van der Waals surface area contributed by atoms with Gasteiger partial charge in [0.05, 0.1) is 22.3 Å². The first-order chi connectivity index (χ1) is 9.58. The van der Waals surface area contributed by atoms with Gasteiger partial charge < -0.3 is 5.73 Å². The summed E-state index contributed by atoms with van der Waals surface area (Å²) >= 11 is 3.56. The summed E-state index contributed by atoms with van der Waals surface area (Å²) in [5.74, 6) is 0.0149. The third kappa shape index (κ3) is 2.77. The van der Waals surface area contributed by atoms with Crippen LogP contribution < -0.4 is 5.73 Å². The summed E-state index contributed by atoms with van der Waals surface area (Å²) in [7, 11) is 0. The molecule has 0 radical (unpaired) electrons. The van der Waals surface area contributed by atoms with Crippen LogP contribution in [0.3, 0.4) is 0 Å². The number of rotatable bonds is 5. The van der Waals surface area contributed by atoms with E-state index in [0.717, 1.165) is 28.8 Å². The second-order valence-electron chi connectivity index (χ2n) is 4.56. The number of aromatic nitrogens is 2. The molecule has 2 aromatic rings. The molecule has 0 spiro atoms. The Morgan fingerprint density at radius 1 is 1.35 bits per heavy atom. The lowest BCUT2D eigenvalue weighted by Crippen LogP contribution is -2.11. The van der Waals surface area contributed by atoms with E-state index in [0.29, 0.717) is 17.7 Å². The van der Waals surface area contributed by atoms with Crippen LogP contribution in [0.1, 0.15) is 35.6 Å². The van der Waals surface area contributed by atoms with Crippen molar-refractivity contribution in [1.29, 1.82) is 0 Å². The Labute approximate surface area is 127 Å². The zero-order valence-corrected chi connectivity index (χ0v) is 13.3. The molecule has 4 nitrogen and oxygen atoms in total. The molecule has 1 aromatic carbocycles. The van der Waals surface area contributed by atoms with Gasteiger partial charge in [-0.3, -0.25) is 9.48 Å². The zero-order valence-electron chi connectivity index (χ0n) is 11.7. The van der Waals surface area contributed by atoms with Crippen molar-refractivity contribution in [3.05, 3.63) is 45.7 Å². The van der Waals surface area contributed by atoms with Crippen LogP contribution in [-0.2, 0) is 19.4 Å². The summed E-state index contributed by atoms with van der Waals surface area (Å²) < 4.78 is 2.81. The van der Waals surface area contributed by atoms with E-state index < -0.39 is 0 Å². The molecule has 0 amide bonds. The van der Waals surface area contributed by atoms with Gasteiger partial charge in [0, 0.05) is 17.8 Å². The fourth-order valence-electron chi connectivity index (χ4n) is 2.18. The SMILES string of the molecule is CCc1nn(CC)c(CC(=O)c2ccccc2N)c1Br. The Kier molecular flexibility index (Phi) is 4.60. The smallest absolute Gasteiger partial charge is 0.170 e. The predicted molar refractivity (Wildman–Crippen MR) is 83.9 cm³/mol. The Morgan fingerprint density at radius 3 is 2.65 bits per heavy atom. The highest BCUT2D eigenvalue weighted by Gasteiger charge is 2.18. The van der Waals surface area contributed by atoms with Crippen molar-refractivity contribution in [2.75, 3.05) is 5.73 Å². The van der Waals surface area contributed by atoms with Crippen molar-refractivity contribution >= 4 is 27.4 Å². The van der Waals surface area contributed by atoms with E-state index in [1.54, 1.807) is 12.1 Å². The first-order valence-electron chi connectivity index (χ1n) is 6.70. The zero-order chi connectivity index (χ0) is 14.7. The Balaban J connectivity index is 2.33. The molecule has 0 saturated carbocycles. The standard InChI is InChI=1S/C15H18BrN3O/c1-3-12-15(16)13(19(4-2)18-12)9-14(20)10-7-5-6-8-11(10)17/h5-8H,3-4,9,17H2,1-2H3. The number of ketones is 1. The number of para-hydroxylation sites is 1. The average molecular weight is 336 g/mol. The Bertz CT molecular complexity index is 634. The fourth-order valence-corrected chi connectivity index (χ4v) is 2.89. The summed E-state index contributed by atoms with van der Waals surface area (Å²) in [6.45, 7) is 4.81. The van der Waals surface area contributed by atoms with Gasteiger partial charge in [-0.25, -0.2) is 0 Å². The second-order valence-corrected chi connectivity index (χ2v) is 5.36. The molecule has 1 heterocycles. The number of Topliss-reactive ketones (excluding diaryl/α,β-unsaturated/α-hetero) is 1. The third-order valence-corrected chi connectivity index (χ3v) is 4.20. The maximum Gasteiger partial charge on any atom is 0.170 e. The molecular weight excluding hydrogens is 318 g/mol. The quantitative estimate of drug-likeness (QED) is 0.674.